The Hall–Kier alpha value is -3.57. The van der Waals surface area contributed by atoms with Gasteiger partial charge in [0.1, 0.15) is 5.52 Å². The van der Waals surface area contributed by atoms with Crippen molar-refractivity contribution in [2.24, 2.45) is 0 Å². The fraction of sp³-hybridized carbons (Fsp3) is 0.167. The van der Waals surface area contributed by atoms with Crippen molar-refractivity contribution in [3.8, 4) is 5.82 Å². The number of pyridine rings is 1. The quantitative estimate of drug-likeness (QED) is 0.501. The first-order chi connectivity index (χ1) is 14.5. The highest BCUT2D eigenvalue weighted by molar-refractivity contribution is 6.32. The summed E-state index contributed by atoms with van der Waals surface area (Å²) in [6.07, 6.45) is 6.83. The van der Waals surface area contributed by atoms with Crippen molar-refractivity contribution in [2.45, 2.75) is 13.0 Å². The molecule has 2 amide bonds. The van der Waals surface area contributed by atoms with Crippen LogP contribution in [0.2, 0.25) is 5.02 Å². The van der Waals surface area contributed by atoms with Gasteiger partial charge in [-0.25, -0.2) is 18.7 Å². The van der Waals surface area contributed by atoms with Crippen LogP contribution in [0.25, 0.3) is 11.3 Å². The van der Waals surface area contributed by atoms with Crippen molar-refractivity contribution in [2.75, 3.05) is 17.7 Å². The van der Waals surface area contributed by atoms with E-state index in [1.165, 1.54) is 59.5 Å². The minimum absolute atomic E-state index is 0.225. The third kappa shape index (κ3) is 3.67. The number of rotatable bonds is 5. The van der Waals surface area contributed by atoms with E-state index in [-0.39, 0.29) is 10.5 Å². The molecule has 10 nitrogen and oxygen atoms in total. The number of nitrogens with zero attached hydrogens (tertiary/aromatic N) is 6. The molecule has 30 heavy (non-hydrogen) atoms. The summed E-state index contributed by atoms with van der Waals surface area (Å²) in [5.41, 5.74) is 1.34. The largest absolute Gasteiger partial charge is 0.377 e. The maximum absolute atomic E-state index is 14.3. The molecule has 0 aromatic carbocycles. The SMILES string of the molecule is CO[C@@H](C)c1c(NC(=O)Nc2cnc(-n3nccn3)c(Cl)c2)cnn2ccc(F)c12. The Labute approximate surface area is 174 Å². The zero-order valence-electron chi connectivity index (χ0n) is 15.9. The standard InChI is InChI=1S/C18H16ClFN8O2/c1-10(30-2)15-14(9-24-27-6-3-13(20)16(15)27)26-18(29)25-11-7-12(19)17(21-8-11)28-22-4-5-23-28/h3-10H,1-2H3,(H2,25,26,29)/t10-/m0/s1. The van der Waals surface area contributed by atoms with Crippen LogP contribution in [-0.4, -0.2) is 42.7 Å². The van der Waals surface area contributed by atoms with Gasteiger partial charge in [0, 0.05) is 18.9 Å². The van der Waals surface area contributed by atoms with Crippen LogP contribution in [-0.2, 0) is 4.74 Å². The lowest BCUT2D eigenvalue weighted by molar-refractivity contribution is 0.120. The van der Waals surface area contributed by atoms with E-state index in [0.29, 0.717) is 22.8 Å². The highest BCUT2D eigenvalue weighted by atomic mass is 35.5. The first kappa shape index (κ1) is 19.7. The topological polar surface area (TPSA) is 111 Å². The van der Waals surface area contributed by atoms with E-state index in [9.17, 15) is 9.18 Å². The third-order valence-corrected chi connectivity index (χ3v) is 4.65. The van der Waals surface area contributed by atoms with Gasteiger partial charge in [-0.05, 0) is 19.1 Å². The summed E-state index contributed by atoms with van der Waals surface area (Å²) in [6.45, 7) is 1.75. The fourth-order valence-corrected chi connectivity index (χ4v) is 3.19. The summed E-state index contributed by atoms with van der Waals surface area (Å²) in [5, 5.41) is 17.6. The van der Waals surface area contributed by atoms with Gasteiger partial charge in [-0.1, -0.05) is 11.6 Å². The Bertz CT molecular complexity index is 1210. The number of amides is 2. The van der Waals surface area contributed by atoms with Gasteiger partial charge in [0.15, 0.2) is 11.6 Å². The Morgan fingerprint density at radius 1 is 1.23 bits per heavy atom. The summed E-state index contributed by atoms with van der Waals surface area (Å²) in [7, 11) is 1.50. The van der Waals surface area contributed by atoms with Crippen LogP contribution in [0.15, 0.2) is 43.1 Å². The Kier molecular flexibility index (Phi) is 5.29. The Balaban J connectivity index is 1.58. The minimum Gasteiger partial charge on any atom is -0.377 e. The first-order valence-electron chi connectivity index (χ1n) is 8.76. The number of carbonyl (C=O) groups excluding carboxylic acids is 1. The van der Waals surface area contributed by atoms with Gasteiger partial charge in [-0.3, -0.25) is 0 Å². The number of hydrogen-bond donors (Lipinski definition) is 2. The number of methoxy groups -OCH3 is 1. The number of hydrogen-bond acceptors (Lipinski definition) is 6. The second-order valence-corrected chi connectivity index (χ2v) is 6.64. The van der Waals surface area contributed by atoms with E-state index >= 15 is 0 Å². The van der Waals surface area contributed by atoms with Crippen molar-refractivity contribution in [3.63, 3.8) is 0 Å². The van der Waals surface area contributed by atoms with Crippen LogP contribution in [0, 0.1) is 5.82 Å². The predicted octanol–water partition coefficient (Wildman–Crippen LogP) is 3.45. The van der Waals surface area contributed by atoms with Gasteiger partial charge in [-0.2, -0.15) is 15.3 Å². The fourth-order valence-electron chi connectivity index (χ4n) is 2.95. The van der Waals surface area contributed by atoms with Gasteiger partial charge >= 0.3 is 6.03 Å². The predicted molar refractivity (Wildman–Crippen MR) is 107 cm³/mol. The lowest BCUT2D eigenvalue weighted by Gasteiger charge is -2.17. The molecular formula is C18H16ClFN8O2. The van der Waals surface area contributed by atoms with Crippen molar-refractivity contribution in [1.82, 2.24) is 29.6 Å². The van der Waals surface area contributed by atoms with Crippen LogP contribution < -0.4 is 10.6 Å². The number of carbonyl (C=O) groups is 1. The van der Waals surface area contributed by atoms with Gasteiger partial charge in [0.05, 0.1) is 47.3 Å². The third-order valence-electron chi connectivity index (χ3n) is 4.37. The van der Waals surface area contributed by atoms with Crippen molar-refractivity contribution in [3.05, 3.63) is 59.5 Å². The number of halogens is 2. The average Bonchev–Trinajstić information content (AvgIpc) is 3.38. The van der Waals surface area contributed by atoms with Crippen molar-refractivity contribution in [1.29, 1.82) is 0 Å². The second-order valence-electron chi connectivity index (χ2n) is 6.23. The molecule has 4 rings (SSSR count). The molecule has 154 valence electrons. The maximum atomic E-state index is 14.3. The van der Waals surface area contributed by atoms with Crippen LogP contribution in [0.1, 0.15) is 18.6 Å². The van der Waals surface area contributed by atoms with E-state index in [0.717, 1.165) is 0 Å². The van der Waals surface area contributed by atoms with Crippen LogP contribution in [0.4, 0.5) is 20.6 Å². The first-order valence-corrected chi connectivity index (χ1v) is 9.14. The monoisotopic (exact) mass is 430 g/mol. The zero-order chi connectivity index (χ0) is 21.3. The molecule has 2 N–H and O–H groups in total. The van der Waals surface area contributed by atoms with Crippen molar-refractivity contribution < 1.29 is 13.9 Å². The summed E-state index contributed by atoms with van der Waals surface area (Å²) in [6, 6.07) is 2.22. The molecule has 0 aliphatic heterocycles. The molecule has 0 saturated carbocycles. The number of aromatic nitrogens is 6. The van der Waals surface area contributed by atoms with Crippen LogP contribution in [0.3, 0.4) is 0 Å². The van der Waals surface area contributed by atoms with Gasteiger partial charge in [-0.15, -0.1) is 4.80 Å². The maximum Gasteiger partial charge on any atom is 0.323 e. The van der Waals surface area contributed by atoms with E-state index < -0.39 is 18.0 Å². The lowest BCUT2D eigenvalue weighted by Crippen LogP contribution is -2.22. The molecule has 0 fully saturated rings. The average molecular weight is 431 g/mol. The molecule has 0 radical (unpaired) electrons. The highest BCUT2D eigenvalue weighted by Crippen LogP contribution is 2.31. The Morgan fingerprint density at radius 2 is 2.00 bits per heavy atom. The smallest absolute Gasteiger partial charge is 0.323 e. The molecule has 12 heteroatoms. The van der Waals surface area contributed by atoms with E-state index in [2.05, 4.69) is 30.9 Å². The molecule has 0 spiro atoms. The van der Waals surface area contributed by atoms with Crippen LogP contribution in [0.5, 0.6) is 0 Å². The minimum atomic E-state index is -0.583. The molecule has 0 saturated heterocycles. The lowest BCUT2D eigenvalue weighted by atomic mass is 10.1. The second kappa shape index (κ2) is 8.05. The van der Waals surface area contributed by atoms with E-state index in [4.69, 9.17) is 16.3 Å². The van der Waals surface area contributed by atoms with Gasteiger partial charge < -0.3 is 15.4 Å². The number of nitrogens with one attached hydrogen (secondary N) is 2. The number of urea groups is 1. The van der Waals surface area contributed by atoms with Crippen LogP contribution >= 0.6 is 11.6 Å². The van der Waals surface area contributed by atoms with Crippen molar-refractivity contribution >= 4 is 34.5 Å². The summed E-state index contributed by atoms with van der Waals surface area (Å²) < 4.78 is 21.0. The number of ether oxygens (including phenoxy) is 1. The Morgan fingerprint density at radius 3 is 2.70 bits per heavy atom. The normalized spacial score (nSPS) is 12.1. The summed E-state index contributed by atoms with van der Waals surface area (Å²) >= 11 is 6.21. The molecule has 4 aromatic heterocycles. The van der Waals surface area contributed by atoms with E-state index in [1.807, 2.05) is 0 Å². The molecule has 1 atom stereocenters. The zero-order valence-corrected chi connectivity index (χ0v) is 16.6. The molecular weight excluding hydrogens is 415 g/mol. The summed E-state index contributed by atoms with van der Waals surface area (Å²) in [5.74, 6) is -0.147. The molecule has 0 unspecified atom stereocenters. The van der Waals surface area contributed by atoms with Gasteiger partial charge in [0.25, 0.3) is 0 Å². The molecule has 0 aliphatic carbocycles. The number of anilines is 2. The summed E-state index contributed by atoms with van der Waals surface area (Å²) in [4.78, 5) is 18.0. The highest BCUT2D eigenvalue weighted by Gasteiger charge is 2.20. The molecule has 4 aromatic rings. The molecule has 0 aliphatic rings. The molecule has 4 heterocycles. The van der Waals surface area contributed by atoms with E-state index in [1.54, 1.807) is 6.92 Å². The van der Waals surface area contributed by atoms with Gasteiger partial charge in [0.2, 0.25) is 0 Å². The molecule has 0 bridgehead atoms. The number of fused-ring (bicyclic) bond motifs is 1.